The number of carbonyl (C=O) groups excluding carboxylic acids is 2. The summed E-state index contributed by atoms with van der Waals surface area (Å²) in [6.07, 6.45) is 1.65. The molecule has 0 fully saturated rings. The summed E-state index contributed by atoms with van der Waals surface area (Å²) in [6, 6.07) is 5.23. The first-order chi connectivity index (χ1) is 11.0. The van der Waals surface area contributed by atoms with Crippen LogP contribution in [0.4, 0.5) is 0 Å². The lowest BCUT2D eigenvalue weighted by Crippen LogP contribution is -2.10. The largest absolute Gasteiger partial charge is 0.469 e. The Labute approximate surface area is 141 Å². The SMILES string of the molecule is COC(=O)Cc1c(C(=O)c2ncc(C)s2)[nH]c2cc(Cl)ccc12. The van der Waals surface area contributed by atoms with E-state index in [1.165, 1.54) is 18.4 Å². The van der Waals surface area contributed by atoms with Gasteiger partial charge in [-0.3, -0.25) is 9.59 Å². The van der Waals surface area contributed by atoms with Gasteiger partial charge in [0.15, 0.2) is 5.01 Å². The Hall–Kier alpha value is -2.18. The number of benzene rings is 1. The van der Waals surface area contributed by atoms with Gasteiger partial charge in [0.25, 0.3) is 0 Å². The van der Waals surface area contributed by atoms with Crippen molar-refractivity contribution in [2.45, 2.75) is 13.3 Å². The summed E-state index contributed by atoms with van der Waals surface area (Å²) in [7, 11) is 1.32. The number of aryl methyl sites for hydroxylation is 1. The Morgan fingerprint density at radius 3 is 2.83 bits per heavy atom. The number of H-pyrrole nitrogens is 1. The second-order valence-electron chi connectivity index (χ2n) is 5.03. The van der Waals surface area contributed by atoms with Crippen LogP contribution in [0.3, 0.4) is 0 Å². The van der Waals surface area contributed by atoms with Crippen LogP contribution < -0.4 is 0 Å². The lowest BCUT2D eigenvalue weighted by atomic mass is 10.1. The molecule has 0 aliphatic rings. The third-order valence-electron chi connectivity index (χ3n) is 3.46. The van der Waals surface area contributed by atoms with Gasteiger partial charge in [0.05, 0.1) is 19.2 Å². The number of nitrogens with zero attached hydrogens (tertiary/aromatic N) is 1. The molecule has 118 valence electrons. The molecule has 7 heteroatoms. The molecule has 0 aliphatic carbocycles. The van der Waals surface area contributed by atoms with Crippen LogP contribution in [0.5, 0.6) is 0 Å². The lowest BCUT2D eigenvalue weighted by molar-refractivity contribution is -0.139. The number of nitrogens with one attached hydrogen (secondary N) is 1. The first-order valence-electron chi connectivity index (χ1n) is 6.83. The molecule has 0 aliphatic heterocycles. The Morgan fingerprint density at radius 1 is 1.39 bits per heavy atom. The third-order valence-corrected chi connectivity index (χ3v) is 4.61. The molecule has 0 amide bonds. The first-order valence-corrected chi connectivity index (χ1v) is 8.03. The van der Waals surface area contributed by atoms with Gasteiger partial charge in [0.1, 0.15) is 0 Å². The fourth-order valence-electron chi connectivity index (χ4n) is 2.39. The van der Waals surface area contributed by atoms with Crippen molar-refractivity contribution < 1.29 is 14.3 Å². The molecule has 2 heterocycles. The monoisotopic (exact) mass is 348 g/mol. The highest BCUT2D eigenvalue weighted by Crippen LogP contribution is 2.28. The van der Waals surface area contributed by atoms with Gasteiger partial charge in [-0.2, -0.15) is 0 Å². The fourth-order valence-corrected chi connectivity index (χ4v) is 3.27. The van der Waals surface area contributed by atoms with Gasteiger partial charge >= 0.3 is 5.97 Å². The Bertz CT molecular complexity index is 913. The van der Waals surface area contributed by atoms with Crippen molar-refractivity contribution in [3.05, 3.63) is 50.6 Å². The average molecular weight is 349 g/mol. The summed E-state index contributed by atoms with van der Waals surface area (Å²) in [6.45, 7) is 1.88. The lowest BCUT2D eigenvalue weighted by Gasteiger charge is -2.02. The van der Waals surface area contributed by atoms with Crippen LogP contribution in [0, 0.1) is 6.92 Å². The van der Waals surface area contributed by atoms with Crippen LogP contribution >= 0.6 is 22.9 Å². The predicted molar refractivity (Wildman–Crippen MR) is 89.3 cm³/mol. The van der Waals surface area contributed by atoms with Crippen molar-refractivity contribution in [3.8, 4) is 0 Å². The van der Waals surface area contributed by atoms with E-state index in [0.717, 1.165) is 10.3 Å². The van der Waals surface area contributed by atoms with E-state index < -0.39 is 5.97 Å². The highest BCUT2D eigenvalue weighted by Gasteiger charge is 2.23. The molecule has 1 aromatic carbocycles. The Balaban J connectivity index is 2.15. The molecule has 0 unspecified atom stereocenters. The minimum absolute atomic E-state index is 0.00353. The van der Waals surface area contributed by atoms with Gasteiger partial charge in [-0.1, -0.05) is 17.7 Å². The number of aromatic nitrogens is 2. The number of esters is 1. The van der Waals surface area contributed by atoms with Gasteiger partial charge in [0, 0.05) is 32.6 Å². The molecule has 2 aromatic heterocycles. The molecule has 0 atom stereocenters. The topological polar surface area (TPSA) is 72.1 Å². The number of carbonyl (C=O) groups is 2. The summed E-state index contributed by atoms with van der Waals surface area (Å²) in [5, 5.41) is 1.70. The molecule has 5 nitrogen and oxygen atoms in total. The van der Waals surface area contributed by atoms with E-state index in [0.29, 0.717) is 26.8 Å². The van der Waals surface area contributed by atoms with E-state index in [4.69, 9.17) is 16.3 Å². The van der Waals surface area contributed by atoms with E-state index >= 15 is 0 Å². The van der Waals surface area contributed by atoms with Gasteiger partial charge in [-0.05, 0) is 19.1 Å². The maximum Gasteiger partial charge on any atom is 0.310 e. The number of hydrogen-bond donors (Lipinski definition) is 1. The van der Waals surface area contributed by atoms with Crippen LogP contribution in [-0.2, 0) is 16.0 Å². The zero-order valence-corrected chi connectivity index (χ0v) is 14.0. The van der Waals surface area contributed by atoms with Crippen LogP contribution in [-0.4, -0.2) is 28.8 Å². The normalized spacial score (nSPS) is 10.9. The summed E-state index contributed by atoms with van der Waals surface area (Å²) in [5.41, 5.74) is 1.65. The molecule has 0 saturated heterocycles. The number of rotatable bonds is 4. The summed E-state index contributed by atoms with van der Waals surface area (Å²) in [4.78, 5) is 32.6. The highest BCUT2D eigenvalue weighted by atomic mass is 35.5. The predicted octanol–water partition coefficient (Wildman–Crippen LogP) is 3.53. The number of thiazole rings is 1. The minimum atomic E-state index is -0.412. The number of methoxy groups -OCH3 is 1. The molecule has 3 aromatic rings. The van der Waals surface area contributed by atoms with Crippen molar-refractivity contribution in [1.82, 2.24) is 9.97 Å². The quantitative estimate of drug-likeness (QED) is 0.578. The smallest absolute Gasteiger partial charge is 0.310 e. The Kier molecular flexibility index (Phi) is 4.19. The standard InChI is InChI=1S/C16H13ClN2O3S/c1-8-7-18-16(23-8)15(21)14-11(6-13(20)22-2)10-4-3-9(17)5-12(10)19-14/h3-5,7,19H,6H2,1-2H3. The number of ketones is 1. The van der Waals surface area contributed by atoms with Gasteiger partial charge in [-0.15, -0.1) is 11.3 Å². The van der Waals surface area contributed by atoms with Crippen LogP contribution in [0.15, 0.2) is 24.4 Å². The number of hydrogen-bond acceptors (Lipinski definition) is 5. The summed E-state index contributed by atoms with van der Waals surface area (Å²) < 4.78 is 4.74. The summed E-state index contributed by atoms with van der Waals surface area (Å²) >= 11 is 7.32. The second-order valence-corrected chi connectivity index (χ2v) is 6.70. The zero-order chi connectivity index (χ0) is 16.6. The van der Waals surface area contributed by atoms with E-state index in [1.54, 1.807) is 24.4 Å². The average Bonchev–Trinajstić information content (AvgIpc) is 3.10. The summed E-state index contributed by atoms with van der Waals surface area (Å²) in [5.74, 6) is -0.653. The maximum absolute atomic E-state index is 12.7. The van der Waals surface area contributed by atoms with Gasteiger partial charge in [0.2, 0.25) is 5.78 Å². The number of ether oxygens (including phenoxy) is 1. The third kappa shape index (κ3) is 3.00. The fraction of sp³-hybridized carbons (Fsp3) is 0.188. The molecule has 1 N–H and O–H groups in total. The molecule has 0 bridgehead atoms. The van der Waals surface area contributed by atoms with E-state index in [-0.39, 0.29) is 12.2 Å². The molecule has 0 spiro atoms. The molecule has 0 radical (unpaired) electrons. The zero-order valence-electron chi connectivity index (χ0n) is 12.5. The highest BCUT2D eigenvalue weighted by molar-refractivity contribution is 7.13. The minimum Gasteiger partial charge on any atom is -0.469 e. The van der Waals surface area contributed by atoms with Gasteiger partial charge < -0.3 is 9.72 Å². The van der Waals surface area contributed by atoms with Crippen molar-refractivity contribution in [2.75, 3.05) is 7.11 Å². The van der Waals surface area contributed by atoms with E-state index in [2.05, 4.69) is 9.97 Å². The molecule has 3 rings (SSSR count). The second kappa shape index (κ2) is 6.14. The molecular formula is C16H13ClN2O3S. The molecule has 0 saturated carbocycles. The number of aromatic amines is 1. The maximum atomic E-state index is 12.7. The number of fused-ring (bicyclic) bond motifs is 1. The molecule has 23 heavy (non-hydrogen) atoms. The van der Waals surface area contributed by atoms with E-state index in [1.807, 2.05) is 6.92 Å². The van der Waals surface area contributed by atoms with Crippen molar-refractivity contribution >= 4 is 45.6 Å². The number of halogens is 1. The van der Waals surface area contributed by atoms with Crippen LogP contribution in [0.25, 0.3) is 10.9 Å². The van der Waals surface area contributed by atoms with Gasteiger partial charge in [-0.25, -0.2) is 4.98 Å². The first kappa shape index (κ1) is 15.7. The van der Waals surface area contributed by atoms with Crippen LogP contribution in [0.1, 0.15) is 25.9 Å². The van der Waals surface area contributed by atoms with Crippen LogP contribution in [0.2, 0.25) is 5.02 Å². The molecular weight excluding hydrogens is 336 g/mol. The Morgan fingerprint density at radius 2 is 2.17 bits per heavy atom. The van der Waals surface area contributed by atoms with E-state index in [9.17, 15) is 9.59 Å². The van der Waals surface area contributed by atoms with Crippen molar-refractivity contribution in [1.29, 1.82) is 0 Å². The van der Waals surface area contributed by atoms with Crippen molar-refractivity contribution in [3.63, 3.8) is 0 Å². The van der Waals surface area contributed by atoms with Crippen molar-refractivity contribution in [2.24, 2.45) is 0 Å².